The van der Waals surface area contributed by atoms with Crippen LogP contribution >= 0.6 is 11.3 Å². The summed E-state index contributed by atoms with van der Waals surface area (Å²) in [6, 6.07) is 2.32. The number of rotatable bonds is 1. The second kappa shape index (κ2) is 4.67. The summed E-state index contributed by atoms with van der Waals surface area (Å²) in [4.78, 5) is 15.4. The van der Waals surface area contributed by atoms with Crippen LogP contribution in [0, 0.1) is 18.8 Å². The number of hydrogen-bond acceptors (Lipinski definition) is 3. The van der Waals surface area contributed by atoms with E-state index in [1.165, 1.54) is 12.8 Å². The van der Waals surface area contributed by atoms with Crippen LogP contribution in [0.25, 0.3) is 0 Å². The summed E-state index contributed by atoms with van der Waals surface area (Å²) in [7, 11) is 0. The van der Waals surface area contributed by atoms with Crippen molar-refractivity contribution < 1.29 is 4.79 Å². The molecule has 98 valence electrons. The van der Waals surface area contributed by atoms with Crippen LogP contribution in [0.2, 0.25) is 0 Å². The first-order valence-electron chi connectivity index (χ1n) is 6.76. The average Bonchev–Trinajstić information content (AvgIpc) is 2.95. The Bertz CT molecular complexity index is 456. The van der Waals surface area contributed by atoms with E-state index in [1.807, 2.05) is 23.3 Å². The number of carbonyl (C=O) groups is 1. The van der Waals surface area contributed by atoms with Crippen molar-refractivity contribution >= 4 is 17.2 Å². The molecule has 3 nitrogen and oxygen atoms in total. The molecule has 0 spiro atoms. The maximum Gasteiger partial charge on any atom is 0.264 e. The first-order chi connectivity index (χ1) is 8.66. The quantitative estimate of drug-likeness (QED) is 0.845. The summed E-state index contributed by atoms with van der Waals surface area (Å²) in [5.74, 6) is 1.38. The van der Waals surface area contributed by atoms with Gasteiger partial charge in [-0.2, -0.15) is 0 Å². The van der Waals surface area contributed by atoms with Crippen molar-refractivity contribution in [2.24, 2.45) is 17.6 Å². The summed E-state index contributed by atoms with van der Waals surface area (Å²) in [5.41, 5.74) is 7.30. The molecule has 0 bridgehead atoms. The van der Waals surface area contributed by atoms with Crippen LogP contribution in [0.4, 0.5) is 0 Å². The van der Waals surface area contributed by atoms with Crippen LogP contribution in [0.5, 0.6) is 0 Å². The first-order valence-corrected chi connectivity index (χ1v) is 7.63. The van der Waals surface area contributed by atoms with Crippen LogP contribution < -0.4 is 5.73 Å². The molecule has 18 heavy (non-hydrogen) atoms. The molecule has 1 aliphatic heterocycles. The Balaban J connectivity index is 1.75. The van der Waals surface area contributed by atoms with E-state index in [0.717, 1.165) is 30.0 Å². The van der Waals surface area contributed by atoms with E-state index in [-0.39, 0.29) is 5.91 Å². The number of nitrogens with zero attached hydrogens (tertiary/aromatic N) is 1. The third kappa shape index (κ3) is 1.97. The highest BCUT2D eigenvalue weighted by Gasteiger charge is 2.40. The lowest BCUT2D eigenvalue weighted by Crippen LogP contribution is -2.38. The molecule has 1 saturated carbocycles. The molecular formula is C14H20N2OS. The molecule has 3 atom stereocenters. The minimum absolute atomic E-state index is 0.212. The van der Waals surface area contributed by atoms with E-state index in [9.17, 15) is 4.79 Å². The summed E-state index contributed by atoms with van der Waals surface area (Å²) in [6.45, 7) is 3.79. The van der Waals surface area contributed by atoms with Crippen LogP contribution in [-0.2, 0) is 0 Å². The minimum Gasteiger partial charge on any atom is -0.337 e. The fourth-order valence-electron chi connectivity index (χ4n) is 3.42. The van der Waals surface area contributed by atoms with Gasteiger partial charge in [0.1, 0.15) is 0 Å². The summed E-state index contributed by atoms with van der Waals surface area (Å²) < 4.78 is 0. The Morgan fingerprint density at radius 3 is 2.94 bits per heavy atom. The average molecular weight is 264 g/mol. The molecule has 4 heteroatoms. The number of nitrogens with two attached hydrogens (primary N) is 1. The number of aryl methyl sites for hydroxylation is 1. The van der Waals surface area contributed by atoms with Crippen molar-refractivity contribution in [2.75, 3.05) is 13.1 Å². The Hall–Kier alpha value is -0.870. The maximum atomic E-state index is 12.5. The molecule has 3 rings (SSSR count). The molecule has 2 fully saturated rings. The molecule has 0 radical (unpaired) electrons. The number of likely N-dealkylation sites (tertiary alicyclic amines) is 1. The summed E-state index contributed by atoms with van der Waals surface area (Å²) in [6.07, 6.45) is 3.59. The van der Waals surface area contributed by atoms with Crippen LogP contribution in [0.3, 0.4) is 0 Å². The Morgan fingerprint density at radius 2 is 2.28 bits per heavy atom. The Kier molecular flexibility index (Phi) is 3.16. The number of amides is 1. The number of carbonyl (C=O) groups excluding carboxylic acids is 1. The minimum atomic E-state index is 0.212. The second-order valence-corrected chi connectivity index (χ2v) is 6.58. The lowest BCUT2D eigenvalue weighted by molar-refractivity contribution is 0.0787. The summed E-state index contributed by atoms with van der Waals surface area (Å²) in [5, 5.41) is 2.00. The van der Waals surface area contributed by atoms with Gasteiger partial charge in [-0.05, 0) is 48.6 Å². The van der Waals surface area contributed by atoms with Crippen molar-refractivity contribution in [1.29, 1.82) is 0 Å². The topological polar surface area (TPSA) is 46.3 Å². The molecule has 2 heterocycles. The molecule has 1 aromatic heterocycles. The lowest BCUT2D eigenvalue weighted by Gasteiger charge is -2.29. The fourth-order valence-corrected chi connectivity index (χ4v) is 4.31. The zero-order valence-corrected chi connectivity index (χ0v) is 11.6. The maximum absolute atomic E-state index is 12.5. The van der Waals surface area contributed by atoms with Crippen LogP contribution in [0.1, 0.15) is 34.5 Å². The Morgan fingerprint density at radius 1 is 1.44 bits per heavy atom. The first kappa shape index (κ1) is 12.2. The van der Waals surface area contributed by atoms with Gasteiger partial charge in [0.2, 0.25) is 0 Å². The standard InChI is InChI=1S/C14H20N2OS/c1-9-5-6-18-13(9)14(17)16-7-10-3-2-4-12(15)11(10)8-16/h5-6,10-12H,2-4,7-8,15H2,1H3. The van der Waals surface area contributed by atoms with Crippen LogP contribution in [-0.4, -0.2) is 29.9 Å². The molecule has 3 unspecified atom stereocenters. The highest BCUT2D eigenvalue weighted by atomic mass is 32.1. The predicted octanol–water partition coefficient (Wildman–Crippen LogP) is 2.26. The fraction of sp³-hybridized carbons (Fsp3) is 0.643. The van der Waals surface area contributed by atoms with Crippen molar-refractivity contribution in [2.45, 2.75) is 32.2 Å². The third-order valence-corrected chi connectivity index (χ3v) is 5.50. The van der Waals surface area contributed by atoms with Gasteiger partial charge >= 0.3 is 0 Å². The van der Waals surface area contributed by atoms with Crippen molar-refractivity contribution in [1.82, 2.24) is 4.90 Å². The third-order valence-electron chi connectivity index (χ3n) is 4.50. The van der Waals surface area contributed by atoms with E-state index < -0.39 is 0 Å². The zero-order chi connectivity index (χ0) is 12.7. The van der Waals surface area contributed by atoms with Crippen LogP contribution in [0.15, 0.2) is 11.4 Å². The van der Waals surface area contributed by atoms with Gasteiger partial charge < -0.3 is 10.6 Å². The van der Waals surface area contributed by atoms with Crippen molar-refractivity contribution in [3.05, 3.63) is 21.9 Å². The van der Waals surface area contributed by atoms with Gasteiger partial charge in [0.05, 0.1) is 4.88 Å². The number of fused-ring (bicyclic) bond motifs is 1. The lowest BCUT2D eigenvalue weighted by atomic mass is 9.78. The molecule has 1 aromatic rings. The van der Waals surface area contributed by atoms with Gasteiger partial charge in [-0.25, -0.2) is 0 Å². The zero-order valence-electron chi connectivity index (χ0n) is 10.8. The van der Waals surface area contributed by atoms with Gasteiger partial charge in [0.15, 0.2) is 0 Å². The second-order valence-electron chi connectivity index (χ2n) is 5.66. The van der Waals surface area contributed by atoms with E-state index in [0.29, 0.717) is 17.9 Å². The SMILES string of the molecule is Cc1ccsc1C(=O)N1CC2CCCC(N)C2C1. The van der Waals surface area contributed by atoms with Crippen molar-refractivity contribution in [3.63, 3.8) is 0 Å². The van der Waals surface area contributed by atoms with Gasteiger partial charge in [0.25, 0.3) is 5.91 Å². The van der Waals surface area contributed by atoms with Gasteiger partial charge in [-0.15, -0.1) is 11.3 Å². The van der Waals surface area contributed by atoms with E-state index in [4.69, 9.17) is 5.73 Å². The van der Waals surface area contributed by atoms with Gasteiger partial charge in [-0.1, -0.05) is 6.42 Å². The molecule has 0 aromatic carbocycles. The smallest absolute Gasteiger partial charge is 0.264 e. The van der Waals surface area contributed by atoms with E-state index >= 15 is 0 Å². The van der Waals surface area contributed by atoms with E-state index in [1.54, 1.807) is 11.3 Å². The normalized spacial score (nSPS) is 31.4. The molecule has 1 amide bonds. The van der Waals surface area contributed by atoms with E-state index in [2.05, 4.69) is 0 Å². The van der Waals surface area contributed by atoms with Gasteiger partial charge in [-0.3, -0.25) is 4.79 Å². The highest BCUT2D eigenvalue weighted by Crippen LogP contribution is 2.36. The molecule has 2 aliphatic rings. The van der Waals surface area contributed by atoms with Gasteiger partial charge in [0, 0.05) is 19.1 Å². The predicted molar refractivity (Wildman–Crippen MR) is 73.8 cm³/mol. The molecule has 1 aliphatic carbocycles. The number of thiophene rings is 1. The summed E-state index contributed by atoms with van der Waals surface area (Å²) >= 11 is 1.56. The highest BCUT2D eigenvalue weighted by molar-refractivity contribution is 7.12. The molecule has 1 saturated heterocycles. The molecular weight excluding hydrogens is 244 g/mol. The monoisotopic (exact) mass is 264 g/mol. The van der Waals surface area contributed by atoms with Crippen molar-refractivity contribution in [3.8, 4) is 0 Å². The molecule has 2 N–H and O–H groups in total. The Labute approximate surface area is 112 Å². The number of hydrogen-bond donors (Lipinski definition) is 1. The largest absolute Gasteiger partial charge is 0.337 e.